The van der Waals surface area contributed by atoms with E-state index in [0.29, 0.717) is 0 Å². The minimum atomic E-state index is 1.07. The van der Waals surface area contributed by atoms with Crippen LogP contribution in [0.4, 0.5) is 5.69 Å². The summed E-state index contributed by atoms with van der Waals surface area (Å²) in [5.74, 6) is 0. The third-order valence-electron chi connectivity index (χ3n) is 3.95. The highest BCUT2D eigenvalue weighted by Crippen LogP contribution is 2.39. The monoisotopic (exact) mass is 251 g/mol. The first-order valence-electron chi connectivity index (χ1n) is 7.34. The van der Waals surface area contributed by atoms with Crippen molar-refractivity contribution in [3.05, 3.63) is 53.6 Å². The van der Waals surface area contributed by atoms with E-state index in [9.17, 15) is 0 Å². The van der Waals surface area contributed by atoms with Gasteiger partial charge in [0.1, 0.15) is 0 Å². The van der Waals surface area contributed by atoms with Crippen LogP contribution in [0.15, 0.2) is 42.5 Å². The fourth-order valence-electron chi connectivity index (χ4n) is 2.92. The zero-order chi connectivity index (χ0) is 13.1. The van der Waals surface area contributed by atoms with Crippen molar-refractivity contribution in [3.63, 3.8) is 0 Å². The summed E-state index contributed by atoms with van der Waals surface area (Å²) in [4.78, 5) is 0. The summed E-state index contributed by atoms with van der Waals surface area (Å²) < 4.78 is 0. The number of nitrogens with one attached hydrogen (secondary N) is 1. The van der Waals surface area contributed by atoms with Crippen molar-refractivity contribution in [2.75, 3.05) is 11.9 Å². The molecule has 0 saturated heterocycles. The van der Waals surface area contributed by atoms with Crippen molar-refractivity contribution in [1.82, 2.24) is 0 Å². The summed E-state index contributed by atoms with van der Waals surface area (Å²) in [6.07, 6.45) is 4.91. The second-order valence-electron chi connectivity index (χ2n) is 5.30. The van der Waals surface area contributed by atoms with Crippen molar-refractivity contribution in [3.8, 4) is 11.1 Å². The SMILES string of the molecule is CCCCCNc1cccc2c1Cc1ccccc1-2. The van der Waals surface area contributed by atoms with Crippen LogP contribution in [0.3, 0.4) is 0 Å². The largest absolute Gasteiger partial charge is 0.385 e. The summed E-state index contributed by atoms with van der Waals surface area (Å²) in [6.45, 7) is 3.33. The Hall–Kier alpha value is -1.76. The summed E-state index contributed by atoms with van der Waals surface area (Å²) >= 11 is 0. The number of rotatable bonds is 5. The molecule has 1 nitrogen and oxygen atoms in total. The molecule has 0 atom stereocenters. The van der Waals surface area contributed by atoms with Gasteiger partial charge in [-0.1, -0.05) is 56.2 Å². The molecular weight excluding hydrogens is 230 g/mol. The van der Waals surface area contributed by atoms with Crippen LogP contribution < -0.4 is 5.32 Å². The molecule has 2 aromatic rings. The first-order valence-corrected chi connectivity index (χ1v) is 7.34. The fraction of sp³-hybridized carbons (Fsp3) is 0.333. The number of anilines is 1. The van der Waals surface area contributed by atoms with E-state index in [1.165, 1.54) is 47.2 Å². The van der Waals surface area contributed by atoms with Gasteiger partial charge in [0.15, 0.2) is 0 Å². The second kappa shape index (κ2) is 5.48. The third-order valence-corrected chi connectivity index (χ3v) is 3.95. The smallest absolute Gasteiger partial charge is 0.0382 e. The predicted octanol–water partition coefficient (Wildman–Crippen LogP) is 4.86. The number of benzene rings is 2. The second-order valence-corrected chi connectivity index (χ2v) is 5.30. The molecule has 0 aromatic heterocycles. The fourth-order valence-corrected chi connectivity index (χ4v) is 2.92. The average Bonchev–Trinajstić information content (AvgIpc) is 2.83. The van der Waals surface area contributed by atoms with Crippen LogP contribution in [0.1, 0.15) is 37.3 Å². The molecule has 0 spiro atoms. The zero-order valence-corrected chi connectivity index (χ0v) is 11.6. The van der Waals surface area contributed by atoms with Crippen LogP contribution in [0.2, 0.25) is 0 Å². The van der Waals surface area contributed by atoms with Gasteiger partial charge in [-0.3, -0.25) is 0 Å². The lowest BCUT2D eigenvalue weighted by Gasteiger charge is -2.11. The lowest BCUT2D eigenvalue weighted by molar-refractivity contribution is 0.743. The van der Waals surface area contributed by atoms with Gasteiger partial charge in [-0.25, -0.2) is 0 Å². The van der Waals surface area contributed by atoms with Crippen LogP contribution in [0, 0.1) is 0 Å². The Bertz CT molecular complexity index is 572. The van der Waals surface area contributed by atoms with Gasteiger partial charge in [-0.05, 0) is 34.7 Å². The Kier molecular flexibility index (Phi) is 3.54. The van der Waals surface area contributed by atoms with Crippen molar-refractivity contribution in [1.29, 1.82) is 0 Å². The molecule has 19 heavy (non-hydrogen) atoms. The van der Waals surface area contributed by atoms with Gasteiger partial charge in [-0.15, -0.1) is 0 Å². The first-order chi connectivity index (χ1) is 9.40. The van der Waals surface area contributed by atoms with Gasteiger partial charge in [0.05, 0.1) is 0 Å². The van der Waals surface area contributed by atoms with Crippen LogP contribution in [-0.4, -0.2) is 6.54 Å². The maximum absolute atomic E-state index is 3.61. The molecule has 1 N–H and O–H groups in total. The molecule has 1 heteroatoms. The molecule has 1 aliphatic rings. The van der Waals surface area contributed by atoms with E-state index in [0.717, 1.165) is 13.0 Å². The molecule has 0 amide bonds. The quantitative estimate of drug-likeness (QED) is 0.638. The number of unbranched alkanes of at least 4 members (excludes halogenated alkanes) is 2. The Balaban J connectivity index is 1.82. The highest BCUT2D eigenvalue weighted by molar-refractivity contribution is 5.81. The van der Waals surface area contributed by atoms with Crippen molar-refractivity contribution >= 4 is 5.69 Å². The van der Waals surface area contributed by atoms with Crippen molar-refractivity contribution < 1.29 is 0 Å². The van der Waals surface area contributed by atoms with E-state index < -0.39 is 0 Å². The lowest BCUT2D eigenvalue weighted by Crippen LogP contribution is -2.03. The Labute approximate surface area is 115 Å². The minimum absolute atomic E-state index is 1.07. The number of hydrogen-bond acceptors (Lipinski definition) is 1. The molecule has 0 unspecified atom stereocenters. The van der Waals surface area contributed by atoms with E-state index in [2.05, 4.69) is 54.7 Å². The topological polar surface area (TPSA) is 12.0 Å². The molecule has 0 radical (unpaired) electrons. The maximum atomic E-state index is 3.61. The highest BCUT2D eigenvalue weighted by Gasteiger charge is 2.19. The van der Waals surface area contributed by atoms with E-state index in [-0.39, 0.29) is 0 Å². The maximum Gasteiger partial charge on any atom is 0.0382 e. The molecule has 0 bridgehead atoms. The molecule has 0 saturated carbocycles. The van der Waals surface area contributed by atoms with Crippen LogP contribution in [0.25, 0.3) is 11.1 Å². The van der Waals surface area contributed by atoms with Gasteiger partial charge in [0.2, 0.25) is 0 Å². The summed E-state index contributed by atoms with van der Waals surface area (Å²) in [5, 5.41) is 3.61. The first kappa shape index (κ1) is 12.3. The van der Waals surface area contributed by atoms with Gasteiger partial charge in [0, 0.05) is 18.7 Å². The van der Waals surface area contributed by atoms with E-state index in [1.807, 2.05) is 0 Å². The lowest BCUT2D eigenvalue weighted by atomic mass is 10.0. The number of hydrogen-bond donors (Lipinski definition) is 1. The standard InChI is InChI=1S/C18H21N/c1-2-3-6-12-19-18-11-7-10-16-15-9-5-4-8-14(15)13-17(16)18/h4-5,7-11,19H,2-3,6,12-13H2,1H3. The Morgan fingerprint density at radius 2 is 1.79 bits per heavy atom. The normalized spacial score (nSPS) is 12.1. The molecule has 1 aliphatic carbocycles. The molecule has 0 aliphatic heterocycles. The van der Waals surface area contributed by atoms with Crippen molar-refractivity contribution in [2.45, 2.75) is 32.6 Å². The summed E-state index contributed by atoms with van der Waals surface area (Å²) in [7, 11) is 0. The molecule has 0 fully saturated rings. The Morgan fingerprint density at radius 3 is 2.68 bits per heavy atom. The molecular formula is C18H21N. The van der Waals surface area contributed by atoms with Gasteiger partial charge in [-0.2, -0.15) is 0 Å². The molecule has 3 rings (SSSR count). The molecule has 2 aromatic carbocycles. The Morgan fingerprint density at radius 1 is 0.947 bits per heavy atom. The van der Waals surface area contributed by atoms with E-state index in [4.69, 9.17) is 0 Å². The summed E-state index contributed by atoms with van der Waals surface area (Å²) in [5.41, 5.74) is 7.08. The van der Waals surface area contributed by atoms with Gasteiger partial charge >= 0.3 is 0 Å². The molecule has 98 valence electrons. The third kappa shape index (κ3) is 2.37. The van der Waals surface area contributed by atoms with Crippen molar-refractivity contribution in [2.24, 2.45) is 0 Å². The van der Waals surface area contributed by atoms with E-state index >= 15 is 0 Å². The van der Waals surface area contributed by atoms with Crippen LogP contribution >= 0.6 is 0 Å². The van der Waals surface area contributed by atoms with E-state index in [1.54, 1.807) is 0 Å². The van der Waals surface area contributed by atoms with Crippen LogP contribution in [-0.2, 0) is 6.42 Å². The minimum Gasteiger partial charge on any atom is -0.385 e. The van der Waals surface area contributed by atoms with Gasteiger partial charge in [0.25, 0.3) is 0 Å². The average molecular weight is 251 g/mol. The molecule has 0 heterocycles. The van der Waals surface area contributed by atoms with Crippen LogP contribution in [0.5, 0.6) is 0 Å². The number of fused-ring (bicyclic) bond motifs is 3. The predicted molar refractivity (Wildman–Crippen MR) is 82.7 cm³/mol. The zero-order valence-electron chi connectivity index (χ0n) is 11.6. The summed E-state index contributed by atoms with van der Waals surface area (Å²) in [6, 6.07) is 15.4. The highest BCUT2D eigenvalue weighted by atomic mass is 14.9. The van der Waals surface area contributed by atoms with Gasteiger partial charge < -0.3 is 5.32 Å².